The lowest BCUT2D eigenvalue weighted by Gasteiger charge is -2.32. The smallest absolute Gasteiger partial charge is 0.252 e. The van der Waals surface area contributed by atoms with Crippen molar-refractivity contribution < 1.29 is 13.2 Å². The molecule has 1 saturated heterocycles. The maximum Gasteiger partial charge on any atom is 0.252 e. The average molecular weight is 441 g/mol. The van der Waals surface area contributed by atoms with E-state index in [-0.39, 0.29) is 24.4 Å². The monoisotopic (exact) mass is 440 g/mol. The molecule has 0 unspecified atom stereocenters. The van der Waals surface area contributed by atoms with Gasteiger partial charge in [-0.1, -0.05) is 66.7 Å². The molecule has 1 fully saturated rings. The van der Waals surface area contributed by atoms with Crippen molar-refractivity contribution in [3.05, 3.63) is 89.3 Å². The molecule has 2 heterocycles. The molecule has 0 bridgehead atoms. The number of rotatable bonds is 6. The van der Waals surface area contributed by atoms with E-state index < -0.39 is 10.0 Å². The number of thiophene rings is 1. The third-order valence-corrected chi connectivity index (χ3v) is 8.63. The van der Waals surface area contributed by atoms with Gasteiger partial charge in [0, 0.05) is 13.1 Å². The Morgan fingerprint density at radius 3 is 2.17 bits per heavy atom. The predicted molar refractivity (Wildman–Crippen MR) is 119 cm³/mol. The van der Waals surface area contributed by atoms with Crippen molar-refractivity contribution in [2.24, 2.45) is 5.92 Å². The lowest BCUT2D eigenvalue weighted by atomic mass is 9.95. The van der Waals surface area contributed by atoms with Crippen LogP contribution in [0.25, 0.3) is 0 Å². The van der Waals surface area contributed by atoms with Gasteiger partial charge >= 0.3 is 0 Å². The van der Waals surface area contributed by atoms with Crippen molar-refractivity contribution in [1.82, 2.24) is 9.62 Å². The highest BCUT2D eigenvalue weighted by Gasteiger charge is 2.34. The number of hydrogen-bond acceptors (Lipinski definition) is 4. The van der Waals surface area contributed by atoms with Gasteiger partial charge in [-0.05, 0) is 35.4 Å². The highest BCUT2D eigenvalue weighted by Crippen LogP contribution is 2.28. The number of carbonyl (C=O) groups is 1. The molecule has 7 heteroatoms. The number of nitrogens with one attached hydrogen (secondary N) is 1. The van der Waals surface area contributed by atoms with Crippen LogP contribution in [0.15, 0.2) is 82.4 Å². The summed E-state index contributed by atoms with van der Waals surface area (Å²) in [6.07, 6.45) is 1.35. The van der Waals surface area contributed by atoms with Crippen LogP contribution in [0, 0.1) is 5.92 Å². The summed E-state index contributed by atoms with van der Waals surface area (Å²) in [7, 11) is -3.55. The molecule has 0 aliphatic carbocycles. The van der Waals surface area contributed by atoms with E-state index in [1.165, 1.54) is 15.6 Å². The van der Waals surface area contributed by atoms with Crippen LogP contribution in [-0.4, -0.2) is 31.7 Å². The molecule has 1 aromatic heterocycles. The van der Waals surface area contributed by atoms with Crippen LogP contribution < -0.4 is 5.32 Å². The molecule has 0 radical (unpaired) electrons. The molecule has 30 heavy (non-hydrogen) atoms. The Bertz CT molecular complexity index is 1030. The third kappa shape index (κ3) is 4.48. The number of carbonyl (C=O) groups excluding carboxylic acids is 1. The Morgan fingerprint density at radius 2 is 1.60 bits per heavy atom. The van der Waals surface area contributed by atoms with Crippen LogP contribution in [0.2, 0.25) is 0 Å². The van der Waals surface area contributed by atoms with Gasteiger partial charge in [0.1, 0.15) is 4.21 Å². The van der Waals surface area contributed by atoms with E-state index in [4.69, 9.17) is 0 Å². The van der Waals surface area contributed by atoms with E-state index in [2.05, 4.69) is 5.32 Å². The van der Waals surface area contributed by atoms with Crippen LogP contribution >= 0.6 is 11.3 Å². The fourth-order valence-electron chi connectivity index (χ4n) is 3.82. The Balaban J connectivity index is 1.53. The molecule has 156 valence electrons. The number of amides is 1. The van der Waals surface area contributed by atoms with E-state index in [1.54, 1.807) is 17.5 Å². The van der Waals surface area contributed by atoms with Crippen molar-refractivity contribution in [2.75, 3.05) is 13.1 Å². The van der Waals surface area contributed by atoms with E-state index in [9.17, 15) is 13.2 Å². The molecular weight excluding hydrogens is 416 g/mol. The zero-order valence-corrected chi connectivity index (χ0v) is 18.1. The molecule has 2 aromatic carbocycles. The average Bonchev–Trinajstić information content (AvgIpc) is 3.34. The van der Waals surface area contributed by atoms with E-state index in [0.717, 1.165) is 11.1 Å². The first-order chi connectivity index (χ1) is 14.6. The fraction of sp³-hybridized carbons (Fsp3) is 0.261. The molecule has 1 aliphatic heterocycles. The van der Waals surface area contributed by atoms with Crippen molar-refractivity contribution in [2.45, 2.75) is 23.1 Å². The number of piperidine rings is 1. The van der Waals surface area contributed by atoms with Crippen LogP contribution in [0.1, 0.15) is 30.0 Å². The molecule has 0 spiro atoms. The number of nitrogens with zero attached hydrogens (tertiary/aromatic N) is 1. The molecular formula is C23H24N2O3S2. The fourth-order valence-corrected chi connectivity index (χ4v) is 6.49. The van der Waals surface area contributed by atoms with Crippen LogP contribution in [0.3, 0.4) is 0 Å². The highest BCUT2D eigenvalue weighted by atomic mass is 32.2. The first-order valence-electron chi connectivity index (χ1n) is 9.99. The second-order valence-electron chi connectivity index (χ2n) is 7.40. The second-order valence-corrected chi connectivity index (χ2v) is 10.5. The van der Waals surface area contributed by atoms with Gasteiger partial charge in [0.05, 0.1) is 12.0 Å². The Labute approximate surface area is 181 Å². The van der Waals surface area contributed by atoms with Crippen molar-refractivity contribution >= 4 is 27.3 Å². The maximum atomic E-state index is 13.2. The summed E-state index contributed by atoms with van der Waals surface area (Å²) in [6.45, 7) is 0.660. The molecule has 4 rings (SSSR count). The summed E-state index contributed by atoms with van der Waals surface area (Å²) >= 11 is 1.21. The summed E-state index contributed by atoms with van der Waals surface area (Å²) in [6, 6.07) is 22.7. The quantitative estimate of drug-likeness (QED) is 0.629. The molecule has 3 aromatic rings. The summed E-state index contributed by atoms with van der Waals surface area (Å²) in [5.41, 5.74) is 1.99. The molecule has 1 N–H and O–H groups in total. The minimum atomic E-state index is -3.55. The van der Waals surface area contributed by atoms with Gasteiger partial charge in [0.25, 0.3) is 10.0 Å². The van der Waals surface area contributed by atoms with Gasteiger partial charge in [-0.3, -0.25) is 4.79 Å². The first-order valence-corrected chi connectivity index (χ1v) is 12.3. The largest absolute Gasteiger partial charge is 0.345 e. The zero-order chi connectivity index (χ0) is 21.0. The normalized spacial score (nSPS) is 17.7. The first kappa shape index (κ1) is 20.8. The van der Waals surface area contributed by atoms with E-state index in [1.807, 2.05) is 60.7 Å². The third-order valence-electron chi connectivity index (χ3n) is 5.40. The predicted octanol–water partition coefficient (Wildman–Crippen LogP) is 4.05. The zero-order valence-electron chi connectivity index (χ0n) is 16.5. The lowest BCUT2D eigenvalue weighted by Crippen LogP contribution is -2.46. The van der Waals surface area contributed by atoms with Crippen molar-refractivity contribution in [3.8, 4) is 0 Å². The SMILES string of the molecule is O=C(NC(c1ccccc1)c1ccccc1)[C@@H]1CCCN(S(=O)(=O)c2cccs2)C1. The van der Waals surface area contributed by atoms with Gasteiger partial charge in [-0.2, -0.15) is 4.31 Å². The summed E-state index contributed by atoms with van der Waals surface area (Å²) < 4.78 is 27.6. The Morgan fingerprint density at radius 1 is 0.967 bits per heavy atom. The summed E-state index contributed by atoms with van der Waals surface area (Å²) in [5.74, 6) is -0.484. The summed E-state index contributed by atoms with van der Waals surface area (Å²) in [5, 5.41) is 4.92. The van der Waals surface area contributed by atoms with Gasteiger partial charge in [0.15, 0.2) is 0 Å². The van der Waals surface area contributed by atoms with E-state index in [0.29, 0.717) is 23.6 Å². The lowest BCUT2D eigenvalue weighted by molar-refractivity contribution is -0.126. The van der Waals surface area contributed by atoms with Crippen molar-refractivity contribution in [1.29, 1.82) is 0 Å². The van der Waals surface area contributed by atoms with Gasteiger partial charge in [0.2, 0.25) is 5.91 Å². The second kappa shape index (κ2) is 9.12. The number of sulfonamides is 1. The van der Waals surface area contributed by atoms with Gasteiger partial charge in [-0.15, -0.1) is 11.3 Å². The molecule has 1 atom stereocenters. The van der Waals surface area contributed by atoms with E-state index >= 15 is 0 Å². The highest BCUT2D eigenvalue weighted by molar-refractivity contribution is 7.91. The van der Waals surface area contributed by atoms with Crippen LogP contribution in [0.5, 0.6) is 0 Å². The topological polar surface area (TPSA) is 66.5 Å². The standard InChI is InChI=1S/C23H24N2O3S2/c26-23(20-13-7-15-25(17-20)30(27,28)21-14-8-16-29-21)24-22(18-9-3-1-4-10-18)19-11-5-2-6-12-19/h1-6,8-12,14,16,20,22H,7,13,15,17H2,(H,24,26)/t20-/m1/s1. The molecule has 1 amide bonds. The number of benzene rings is 2. The Hall–Kier alpha value is -2.48. The molecule has 5 nitrogen and oxygen atoms in total. The Kier molecular flexibility index (Phi) is 6.32. The number of hydrogen-bond donors (Lipinski definition) is 1. The van der Waals surface area contributed by atoms with Crippen LogP contribution in [-0.2, 0) is 14.8 Å². The van der Waals surface area contributed by atoms with Gasteiger partial charge < -0.3 is 5.32 Å². The van der Waals surface area contributed by atoms with Gasteiger partial charge in [-0.25, -0.2) is 8.42 Å². The minimum Gasteiger partial charge on any atom is -0.345 e. The summed E-state index contributed by atoms with van der Waals surface area (Å²) in [4.78, 5) is 13.2. The molecule has 0 saturated carbocycles. The minimum absolute atomic E-state index is 0.112. The maximum absolute atomic E-state index is 13.2. The molecule has 1 aliphatic rings. The van der Waals surface area contributed by atoms with Crippen molar-refractivity contribution in [3.63, 3.8) is 0 Å². The van der Waals surface area contributed by atoms with Crippen LogP contribution in [0.4, 0.5) is 0 Å².